The predicted molar refractivity (Wildman–Crippen MR) is 116 cm³/mol. The van der Waals surface area contributed by atoms with Crippen LogP contribution in [-0.4, -0.2) is 54.4 Å². The first kappa shape index (κ1) is 22.5. The molecule has 2 aromatic carbocycles. The molecule has 0 aromatic heterocycles. The van der Waals surface area contributed by atoms with E-state index in [9.17, 15) is 14.9 Å². The molecule has 29 heavy (non-hydrogen) atoms. The summed E-state index contributed by atoms with van der Waals surface area (Å²) in [6.45, 7) is 6.47. The van der Waals surface area contributed by atoms with Crippen molar-refractivity contribution in [2.24, 2.45) is 0 Å². The van der Waals surface area contributed by atoms with Gasteiger partial charge in [-0.1, -0.05) is 30.3 Å². The molecule has 0 heterocycles. The van der Waals surface area contributed by atoms with Crippen LogP contribution in [0.4, 0.5) is 11.4 Å². The van der Waals surface area contributed by atoms with Crippen LogP contribution in [0.2, 0.25) is 0 Å². The Hall–Kier alpha value is -2.77. The summed E-state index contributed by atoms with van der Waals surface area (Å²) in [7, 11) is 4.04. The van der Waals surface area contributed by atoms with Gasteiger partial charge in [0.15, 0.2) is 0 Å². The number of amides is 1. The van der Waals surface area contributed by atoms with E-state index in [-0.39, 0.29) is 18.1 Å². The highest BCUT2D eigenvalue weighted by Gasteiger charge is 2.14. The number of nitro groups is 1. The van der Waals surface area contributed by atoms with Crippen LogP contribution in [-0.2, 0) is 11.3 Å². The molecule has 7 nitrogen and oxygen atoms in total. The predicted octanol–water partition coefficient (Wildman–Crippen LogP) is 3.60. The van der Waals surface area contributed by atoms with Gasteiger partial charge in [-0.15, -0.1) is 0 Å². The summed E-state index contributed by atoms with van der Waals surface area (Å²) in [5, 5.41) is 13.9. The summed E-state index contributed by atoms with van der Waals surface area (Å²) in [6, 6.07) is 12.4. The van der Waals surface area contributed by atoms with E-state index in [2.05, 4.69) is 15.1 Å². The minimum absolute atomic E-state index is 0.0610. The maximum Gasteiger partial charge on any atom is 0.269 e. The van der Waals surface area contributed by atoms with Crippen LogP contribution in [0.3, 0.4) is 0 Å². The number of non-ortho nitro benzene ring substituents is 1. The molecule has 0 saturated carbocycles. The van der Waals surface area contributed by atoms with Crippen molar-refractivity contribution in [3.05, 3.63) is 69.3 Å². The monoisotopic (exact) mass is 398 g/mol. The molecule has 0 spiro atoms. The number of nitrogens with one attached hydrogen (secondary N) is 1. The molecule has 0 aliphatic heterocycles. The molecule has 1 amide bonds. The number of nitrogens with zero attached hydrogens (tertiary/aromatic N) is 3. The molecule has 1 N–H and O–H groups in total. The highest BCUT2D eigenvalue weighted by molar-refractivity contribution is 5.93. The number of hydrogen-bond acceptors (Lipinski definition) is 5. The van der Waals surface area contributed by atoms with Crippen LogP contribution in [0.25, 0.3) is 0 Å². The lowest BCUT2D eigenvalue weighted by Gasteiger charge is -2.23. The summed E-state index contributed by atoms with van der Waals surface area (Å²) in [4.78, 5) is 27.3. The molecular weight excluding hydrogens is 368 g/mol. The topological polar surface area (TPSA) is 78.7 Å². The summed E-state index contributed by atoms with van der Waals surface area (Å²) in [5.74, 6) is -0.0610. The molecule has 2 aromatic rings. The van der Waals surface area contributed by atoms with Crippen LogP contribution in [0.1, 0.15) is 23.1 Å². The maximum atomic E-state index is 12.7. The van der Waals surface area contributed by atoms with Crippen LogP contribution < -0.4 is 5.32 Å². The average molecular weight is 399 g/mol. The fraction of sp³-hybridized carbons (Fsp3) is 0.409. The van der Waals surface area contributed by atoms with E-state index in [1.807, 2.05) is 46.1 Å². The van der Waals surface area contributed by atoms with Gasteiger partial charge < -0.3 is 10.2 Å². The largest absolute Gasteiger partial charge is 0.324 e. The second-order valence-electron chi connectivity index (χ2n) is 7.61. The first-order valence-electron chi connectivity index (χ1n) is 9.72. The number of benzene rings is 2. The van der Waals surface area contributed by atoms with E-state index >= 15 is 0 Å². The number of carbonyl (C=O) groups is 1. The summed E-state index contributed by atoms with van der Waals surface area (Å²) in [5.41, 5.74) is 3.95. The van der Waals surface area contributed by atoms with Crippen molar-refractivity contribution < 1.29 is 9.72 Å². The number of anilines is 1. The average Bonchev–Trinajstić information content (AvgIpc) is 2.65. The van der Waals surface area contributed by atoms with Gasteiger partial charge in [-0.05, 0) is 57.6 Å². The van der Waals surface area contributed by atoms with Crippen LogP contribution in [0.5, 0.6) is 0 Å². The molecule has 0 aliphatic carbocycles. The lowest BCUT2D eigenvalue weighted by molar-refractivity contribution is -0.384. The third kappa shape index (κ3) is 7.29. The fourth-order valence-corrected chi connectivity index (χ4v) is 3.20. The van der Waals surface area contributed by atoms with Gasteiger partial charge in [0.2, 0.25) is 5.91 Å². The quantitative estimate of drug-likeness (QED) is 0.489. The Balaban J connectivity index is 2.06. The Morgan fingerprint density at radius 1 is 1.03 bits per heavy atom. The normalized spacial score (nSPS) is 11.1. The highest BCUT2D eigenvalue weighted by atomic mass is 16.6. The van der Waals surface area contributed by atoms with E-state index in [0.717, 1.165) is 41.9 Å². The van der Waals surface area contributed by atoms with Gasteiger partial charge in [0.05, 0.1) is 11.5 Å². The Bertz CT molecular complexity index is 814. The van der Waals surface area contributed by atoms with Crippen LogP contribution >= 0.6 is 0 Å². The van der Waals surface area contributed by atoms with E-state index in [4.69, 9.17) is 0 Å². The Morgan fingerprint density at radius 2 is 1.66 bits per heavy atom. The van der Waals surface area contributed by atoms with Gasteiger partial charge in [-0.25, -0.2) is 0 Å². The number of aryl methyl sites for hydroxylation is 2. The first-order valence-corrected chi connectivity index (χ1v) is 9.72. The first-order chi connectivity index (χ1) is 13.8. The Labute approximate surface area is 172 Å². The zero-order valence-corrected chi connectivity index (χ0v) is 17.6. The molecule has 156 valence electrons. The number of hydrogen-bond donors (Lipinski definition) is 1. The van der Waals surface area contributed by atoms with Crippen molar-refractivity contribution in [3.8, 4) is 0 Å². The summed E-state index contributed by atoms with van der Waals surface area (Å²) < 4.78 is 0. The van der Waals surface area contributed by atoms with Gasteiger partial charge in [0.25, 0.3) is 5.69 Å². The summed E-state index contributed by atoms with van der Waals surface area (Å²) in [6.07, 6.45) is 0.927. The number of nitro benzene ring substituents is 1. The number of rotatable bonds is 10. The Morgan fingerprint density at radius 3 is 2.21 bits per heavy atom. The van der Waals surface area contributed by atoms with Gasteiger partial charge in [-0.2, -0.15) is 0 Å². The third-order valence-corrected chi connectivity index (χ3v) is 4.75. The smallest absolute Gasteiger partial charge is 0.269 e. The van der Waals surface area contributed by atoms with Crippen molar-refractivity contribution in [2.75, 3.05) is 39.0 Å². The third-order valence-electron chi connectivity index (χ3n) is 4.75. The zero-order chi connectivity index (χ0) is 21.4. The lowest BCUT2D eigenvalue weighted by Crippen LogP contribution is -2.35. The minimum atomic E-state index is -0.406. The standard InChI is InChI=1S/C22H30N4O3/c1-17-7-5-8-18(2)22(17)23-21(27)16-25(14-6-13-24(3)4)15-19-9-11-20(12-10-19)26(28)29/h5,7-12H,6,13-16H2,1-4H3,(H,23,27). The molecule has 0 aliphatic rings. The van der Waals surface area contributed by atoms with E-state index in [1.54, 1.807) is 12.1 Å². The molecule has 0 bridgehead atoms. The van der Waals surface area contributed by atoms with Gasteiger partial charge >= 0.3 is 0 Å². The van der Waals surface area contributed by atoms with Crippen LogP contribution in [0.15, 0.2) is 42.5 Å². The zero-order valence-electron chi connectivity index (χ0n) is 17.6. The summed E-state index contributed by atoms with van der Waals surface area (Å²) >= 11 is 0. The molecule has 0 atom stereocenters. The van der Waals surface area contributed by atoms with E-state index < -0.39 is 4.92 Å². The van der Waals surface area contributed by atoms with Gasteiger partial charge in [0.1, 0.15) is 0 Å². The van der Waals surface area contributed by atoms with Crippen molar-refractivity contribution in [1.82, 2.24) is 9.80 Å². The molecule has 0 radical (unpaired) electrons. The second-order valence-corrected chi connectivity index (χ2v) is 7.61. The molecule has 2 rings (SSSR count). The van der Waals surface area contributed by atoms with Gasteiger partial charge in [0, 0.05) is 30.9 Å². The minimum Gasteiger partial charge on any atom is -0.324 e. The van der Waals surface area contributed by atoms with Crippen molar-refractivity contribution in [1.29, 1.82) is 0 Å². The van der Waals surface area contributed by atoms with Crippen molar-refractivity contribution in [2.45, 2.75) is 26.8 Å². The maximum absolute atomic E-state index is 12.7. The molecule has 0 fully saturated rings. The fourth-order valence-electron chi connectivity index (χ4n) is 3.20. The van der Waals surface area contributed by atoms with Crippen molar-refractivity contribution >= 4 is 17.3 Å². The lowest BCUT2D eigenvalue weighted by atomic mass is 10.1. The number of para-hydroxylation sites is 1. The van der Waals surface area contributed by atoms with Crippen LogP contribution in [0, 0.1) is 24.0 Å². The van der Waals surface area contributed by atoms with E-state index in [0.29, 0.717) is 6.54 Å². The van der Waals surface area contributed by atoms with Crippen molar-refractivity contribution in [3.63, 3.8) is 0 Å². The molecule has 0 saturated heterocycles. The Kier molecular flexibility index (Phi) is 8.30. The number of carbonyl (C=O) groups excluding carboxylic acids is 1. The molecular formula is C22H30N4O3. The SMILES string of the molecule is Cc1cccc(C)c1NC(=O)CN(CCCN(C)C)Cc1ccc([N+](=O)[O-])cc1. The molecule has 0 unspecified atom stereocenters. The van der Waals surface area contributed by atoms with Gasteiger partial charge in [-0.3, -0.25) is 19.8 Å². The highest BCUT2D eigenvalue weighted by Crippen LogP contribution is 2.19. The molecule has 7 heteroatoms. The second kappa shape index (κ2) is 10.7. The van der Waals surface area contributed by atoms with E-state index in [1.165, 1.54) is 12.1 Å².